The van der Waals surface area contributed by atoms with Crippen molar-refractivity contribution >= 4 is 17.7 Å². The van der Waals surface area contributed by atoms with Gasteiger partial charge >= 0.3 is 0 Å². The summed E-state index contributed by atoms with van der Waals surface area (Å²) in [5.41, 5.74) is 0.339. The molecule has 0 aliphatic carbocycles. The Kier molecular flexibility index (Phi) is 4.30. The molecule has 1 rings (SSSR count). The highest BCUT2D eigenvalue weighted by Gasteiger charge is 2.07. The van der Waals surface area contributed by atoms with Crippen molar-refractivity contribution in [3.8, 4) is 11.5 Å². The number of phenolic OH excluding ortho intramolecular Hbond substituents is 2. The average molecular weight is 227 g/mol. The second-order valence-electron chi connectivity index (χ2n) is 2.95. The highest BCUT2D eigenvalue weighted by molar-refractivity contribution is 7.98. The fraction of sp³-hybridized carbons (Fsp3) is 0.300. The van der Waals surface area contributed by atoms with E-state index in [0.717, 1.165) is 5.75 Å². The molecule has 0 saturated heterocycles. The van der Waals surface area contributed by atoms with Crippen LogP contribution in [0.25, 0.3) is 0 Å². The summed E-state index contributed by atoms with van der Waals surface area (Å²) in [5.74, 6) is 0.0815. The summed E-state index contributed by atoms with van der Waals surface area (Å²) in [6, 6.07) is 3.99. The van der Waals surface area contributed by atoms with Crippen LogP contribution in [0.4, 0.5) is 0 Å². The molecule has 0 unspecified atom stereocenters. The lowest BCUT2D eigenvalue weighted by Gasteiger charge is -2.05. The molecular formula is C10H13NO3S. The maximum atomic E-state index is 11.5. The van der Waals surface area contributed by atoms with Crippen molar-refractivity contribution in [3.63, 3.8) is 0 Å². The first-order valence-corrected chi connectivity index (χ1v) is 5.83. The van der Waals surface area contributed by atoms with E-state index in [2.05, 4.69) is 5.32 Å². The standard InChI is InChI=1S/C10H13NO3S/c1-15-5-4-11-10(14)7-2-3-8(12)9(13)6-7/h2-3,6,12-13H,4-5H2,1H3,(H,11,14). The summed E-state index contributed by atoms with van der Waals surface area (Å²) in [5, 5.41) is 20.9. The minimum absolute atomic E-state index is 0.226. The molecule has 5 heteroatoms. The third-order valence-electron chi connectivity index (χ3n) is 1.83. The molecule has 0 atom stereocenters. The number of benzene rings is 1. The second-order valence-corrected chi connectivity index (χ2v) is 3.94. The minimum atomic E-state index is -0.285. The second kappa shape index (κ2) is 5.50. The Bertz CT molecular complexity index is 355. The van der Waals surface area contributed by atoms with E-state index < -0.39 is 0 Å². The Morgan fingerprint density at radius 3 is 2.73 bits per heavy atom. The van der Waals surface area contributed by atoms with Crippen molar-refractivity contribution in [1.82, 2.24) is 5.32 Å². The van der Waals surface area contributed by atoms with Gasteiger partial charge in [0, 0.05) is 17.9 Å². The van der Waals surface area contributed by atoms with Crippen molar-refractivity contribution in [2.24, 2.45) is 0 Å². The predicted octanol–water partition coefficient (Wildman–Crippen LogP) is 1.19. The molecule has 0 aliphatic heterocycles. The van der Waals surface area contributed by atoms with Crippen LogP contribution in [0.3, 0.4) is 0 Å². The predicted molar refractivity (Wildman–Crippen MR) is 60.5 cm³/mol. The molecule has 0 heterocycles. The molecule has 15 heavy (non-hydrogen) atoms. The lowest BCUT2D eigenvalue weighted by atomic mass is 10.2. The van der Waals surface area contributed by atoms with Crippen LogP contribution in [0.15, 0.2) is 18.2 Å². The van der Waals surface area contributed by atoms with E-state index in [1.54, 1.807) is 11.8 Å². The average Bonchev–Trinajstić information content (AvgIpc) is 2.22. The number of nitrogens with one attached hydrogen (secondary N) is 1. The van der Waals surface area contributed by atoms with Gasteiger partial charge in [0.15, 0.2) is 11.5 Å². The van der Waals surface area contributed by atoms with Gasteiger partial charge in [-0.25, -0.2) is 0 Å². The zero-order chi connectivity index (χ0) is 11.3. The number of rotatable bonds is 4. The topological polar surface area (TPSA) is 69.6 Å². The number of aromatic hydroxyl groups is 2. The molecule has 82 valence electrons. The van der Waals surface area contributed by atoms with Crippen molar-refractivity contribution < 1.29 is 15.0 Å². The molecule has 1 aromatic carbocycles. The summed E-state index contributed by atoms with van der Waals surface area (Å²) in [7, 11) is 0. The zero-order valence-electron chi connectivity index (χ0n) is 8.36. The van der Waals surface area contributed by atoms with Crippen molar-refractivity contribution in [2.75, 3.05) is 18.6 Å². The van der Waals surface area contributed by atoms with E-state index in [1.165, 1.54) is 18.2 Å². The molecule has 4 nitrogen and oxygen atoms in total. The van der Waals surface area contributed by atoms with E-state index in [4.69, 9.17) is 5.11 Å². The molecule has 3 N–H and O–H groups in total. The van der Waals surface area contributed by atoms with Crippen LogP contribution in [-0.4, -0.2) is 34.7 Å². The van der Waals surface area contributed by atoms with Crippen molar-refractivity contribution in [3.05, 3.63) is 23.8 Å². The first-order valence-electron chi connectivity index (χ1n) is 4.44. The van der Waals surface area contributed by atoms with E-state index in [0.29, 0.717) is 12.1 Å². The Labute approximate surface area is 92.3 Å². The SMILES string of the molecule is CSCCNC(=O)c1ccc(O)c(O)c1. The minimum Gasteiger partial charge on any atom is -0.504 e. The van der Waals surface area contributed by atoms with Gasteiger partial charge in [-0.15, -0.1) is 0 Å². The van der Waals surface area contributed by atoms with Gasteiger partial charge in [0.05, 0.1) is 0 Å². The third-order valence-corrected chi connectivity index (χ3v) is 2.44. The summed E-state index contributed by atoms with van der Waals surface area (Å²) >= 11 is 1.64. The molecule has 0 spiro atoms. The summed E-state index contributed by atoms with van der Waals surface area (Å²) in [6.45, 7) is 0.585. The normalized spacial score (nSPS) is 9.93. The molecular weight excluding hydrogens is 214 g/mol. The maximum absolute atomic E-state index is 11.5. The van der Waals surface area contributed by atoms with E-state index in [9.17, 15) is 9.90 Å². The van der Waals surface area contributed by atoms with Crippen LogP contribution >= 0.6 is 11.8 Å². The van der Waals surface area contributed by atoms with E-state index >= 15 is 0 Å². The van der Waals surface area contributed by atoms with Gasteiger partial charge in [0.25, 0.3) is 5.91 Å². The fourth-order valence-corrected chi connectivity index (χ4v) is 1.34. The molecule has 0 aliphatic rings. The van der Waals surface area contributed by atoms with Gasteiger partial charge in [-0.2, -0.15) is 11.8 Å². The van der Waals surface area contributed by atoms with Gasteiger partial charge in [0.1, 0.15) is 0 Å². The Morgan fingerprint density at radius 1 is 1.40 bits per heavy atom. The quantitative estimate of drug-likeness (QED) is 0.534. The van der Waals surface area contributed by atoms with Crippen LogP contribution in [0.5, 0.6) is 11.5 Å². The number of thioether (sulfide) groups is 1. The molecule has 1 aromatic rings. The third kappa shape index (κ3) is 3.36. The largest absolute Gasteiger partial charge is 0.504 e. The number of hydrogen-bond acceptors (Lipinski definition) is 4. The van der Waals surface area contributed by atoms with Gasteiger partial charge in [-0.1, -0.05) is 0 Å². The monoisotopic (exact) mass is 227 g/mol. The van der Waals surface area contributed by atoms with Crippen LogP contribution in [0.1, 0.15) is 10.4 Å². The Balaban J connectivity index is 2.62. The number of phenols is 2. The lowest BCUT2D eigenvalue weighted by Crippen LogP contribution is -2.25. The van der Waals surface area contributed by atoms with Crippen LogP contribution in [0.2, 0.25) is 0 Å². The van der Waals surface area contributed by atoms with Crippen LogP contribution < -0.4 is 5.32 Å². The molecule has 1 amide bonds. The molecule has 0 bridgehead atoms. The van der Waals surface area contributed by atoms with E-state index in [1.807, 2.05) is 6.26 Å². The number of carbonyl (C=O) groups excluding carboxylic acids is 1. The van der Waals surface area contributed by atoms with Gasteiger partial charge < -0.3 is 15.5 Å². The molecule has 0 saturated carbocycles. The number of hydrogen-bond donors (Lipinski definition) is 3. The van der Waals surface area contributed by atoms with Crippen LogP contribution in [0, 0.1) is 0 Å². The summed E-state index contributed by atoms with van der Waals surface area (Å²) in [4.78, 5) is 11.5. The smallest absolute Gasteiger partial charge is 0.251 e. The molecule has 0 aromatic heterocycles. The summed E-state index contributed by atoms with van der Waals surface area (Å²) < 4.78 is 0. The fourth-order valence-electron chi connectivity index (χ4n) is 1.03. The number of amides is 1. The first kappa shape index (κ1) is 11.7. The van der Waals surface area contributed by atoms with Crippen molar-refractivity contribution in [1.29, 1.82) is 0 Å². The number of carbonyl (C=O) groups is 1. The Morgan fingerprint density at radius 2 is 2.13 bits per heavy atom. The lowest BCUT2D eigenvalue weighted by molar-refractivity contribution is 0.0956. The highest BCUT2D eigenvalue weighted by Crippen LogP contribution is 2.24. The van der Waals surface area contributed by atoms with Crippen molar-refractivity contribution in [2.45, 2.75) is 0 Å². The zero-order valence-corrected chi connectivity index (χ0v) is 9.17. The first-order chi connectivity index (χ1) is 7.15. The Hall–Kier alpha value is -1.36. The summed E-state index contributed by atoms with van der Waals surface area (Å²) in [6.07, 6.45) is 1.96. The van der Waals surface area contributed by atoms with Gasteiger partial charge in [0.2, 0.25) is 0 Å². The molecule has 0 radical (unpaired) electrons. The molecule has 0 fully saturated rings. The van der Waals surface area contributed by atoms with Crippen LogP contribution in [-0.2, 0) is 0 Å². The highest BCUT2D eigenvalue weighted by atomic mass is 32.2. The maximum Gasteiger partial charge on any atom is 0.251 e. The van der Waals surface area contributed by atoms with E-state index in [-0.39, 0.29) is 17.4 Å². The van der Waals surface area contributed by atoms with Gasteiger partial charge in [-0.05, 0) is 24.5 Å². The van der Waals surface area contributed by atoms with Gasteiger partial charge in [-0.3, -0.25) is 4.79 Å².